The molecule has 1 heterocycles. The molecule has 0 atom stereocenters. The van der Waals surface area contributed by atoms with E-state index in [1.807, 2.05) is 53.5 Å². The van der Waals surface area contributed by atoms with Crippen LogP contribution in [-0.4, -0.2) is 0 Å². The van der Waals surface area contributed by atoms with Crippen LogP contribution < -0.4 is 10.1 Å². The largest absolute Gasteiger partial charge is 0.202 e. The molecule has 0 aliphatic rings. The number of pyridine rings is 1. The first kappa shape index (κ1) is 8.75. The highest BCUT2D eigenvalue weighted by Gasteiger charge is 1.99. The summed E-state index contributed by atoms with van der Waals surface area (Å²) in [6, 6.07) is 14.2. The molecule has 0 bridgehead atoms. The maximum atomic E-state index is 3.26. The van der Waals surface area contributed by atoms with Gasteiger partial charge in [0.15, 0.2) is 6.20 Å². The predicted molar refractivity (Wildman–Crippen MR) is 56.8 cm³/mol. The Bertz CT molecular complexity index is 410. The second-order valence-electron chi connectivity index (χ2n) is 3.27. The van der Waals surface area contributed by atoms with Crippen molar-refractivity contribution in [3.8, 4) is 0 Å². The van der Waals surface area contributed by atoms with E-state index in [4.69, 9.17) is 0 Å². The van der Waals surface area contributed by atoms with E-state index in [1.54, 1.807) is 0 Å². The topological polar surface area (TPSA) is 15.9 Å². The number of hydrogen-bond acceptors (Lipinski definition) is 1. The Balaban J connectivity index is 2.19. The van der Waals surface area contributed by atoms with Gasteiger partial charge in [-0.2, -0.15) is 5.43 Å². The summed E-state index contributed by atoms with van der Waals surface area (Å²) in [6.07, 6.45) is 4.03. The number of hydrogen-bond donors (Lipinski definition) is 1. The first-order valence-corrected chi connectivity index (χ1v) is 4.64. The molecule has 0 aliphatic heterocycles. The minimum absolute atomic E-state index is 1.09. The van der Waals surface area contributed by atoms with Crippen LogP contribution in [0.25, 0.3) is 0 Å². The van der Waals surface area contributed by atoms with Crippen LogP contribution in [-0.2, 0) is 0 Å². The summed E-state index contributed by atoms with van der Waals surface area (Å²) >= 11 is 0. The fourth-order valence-electron chi connectivity index (χ4n) is 1.32. The molecule has 0 unspecified atom stereocenters. The molecule has 0 spiro atoms. The molecule has 0 fully saturated rings. The first-order valence-electron chi connectivity index (χ1n) is 4.64. The van der Waals surface area contributed by atoms with Gasteiger partial charge in [0.2, 0.25) is 6.20 Å². The predicted octanol–water partition coefficient (Wildman–Crippen LogP) is 2.16. The van der Waals surface area contributed by atoms with Gasteiger partial charge in [-0.3, -0.25) is 0 Å². The van der Waals surface area contributed by atoms with Crippen LogP contribution in [0.2, 0.25) is 0 Å². The summed E-state index contributed by atoms with van der Waals surface area (Å²) in [7, 11) is 0. The van der Waals surface area contributed by atoms with E-state index >= 15 is 0 Å². The van der Waals surface area contributed by atoms with Gasteiger partial charge in [-0.15, -0.1) is 0 Å². The van der Waals surface area contributed by atoms with Crippen LogP contribution in [0.15, 0.2) is 54.9 Å². The zero-order chi connectivity index (χ0) is 9.80. The molecule has 1 aromatic carbocycles. The van der Waals surface area contributed by atoms with Crippen molar-refractivity contribution in [3.63, 3.8) is 0 Å². The first-order chi connectivity index (χ1) is 6.84. The standard InChI is InChI=1S/C12H13N2/c1-11-6-5-9-14(10-11)13-12-7-3-2-4-8-12/h2-10,13H,1H3/q+1. The third-order valence-electron chi connectivity index (χ3n) is 1.98. The molecule has 1 N–H and O–H groups in total. The maximum Gasteiger partial charge on any atom is 0.202 e. The molecule has 2 heteroatoms. The monoisotopic (exact) mass is 185 g/mol. The minimum Gasteiger partial charge on any atom is -0.161 e. The van der Waals surface area contributed by atoms with E-state index in [1.165, 1.54) is 5.56 Å². The zero-order valence-corrected chi connectivity index (χ0v) is 8.14. The van der Waals surface area contributed by atoms with Gasteiger partial charge in [0.05, 0.1) is 5.69 Å². The van der Waals surface area contributed by atoms with Crippen molar-refractivity contribution in [3.05, 3.63) is 60.4 Å². The summed E-state index contributed by atoms with van der Waals surface area (Å²) in [4.78, 5) is 0. The van der Waals surface area contributed by atoms with E-state index in [2.05, 4.69) is 18.4 Å². The number of nitrogens with zero attached hydrogens (tertiary/aromatic N) is 1. The normalized spacial score (nSPS) is 9.79. The molecular formula is C12H13N2+. The van der Waals surface area contributed by atoms with E-state index in [-0.39, 0.29) is 0 Å². The third kappa shape index (κ3) is 2.10. The number of aryl methyl sites for hydroxylation is 1. The second kappa shape index (κ2) is 3.92. The van der Waals surface area contributed by atoms with Gasteiger partial charge in [-0.1, -0.05) is 22.9 Å². The van der Waals surface area contributed by atoms with Crippen LogP contribution in [0.5, 0.6) is 0 Å². The summed E-state index contributed by atoms with van der Waals surface area (Å²) in [5.41, 5.74) is 5.58. The van der Waals surface area contributed by atoms with Gasteiger partial charge in [0.25, 0.3) is 0 Å². The Hall–Kier alpha value is -1.83. The highest BCUT2D eigenvalue weighted by molar-refractivity contribution is 5.39. The number of rotatable bonds is 2. The van der Waals surface area contributed by atoms with E-state index in [9.17, 15) is 0 Å². The molecule has 2 rings (SSSR count). The molecular weight excluding hydrogens is 172 g/mol. The fourth-order valence-corrected chi connectivity index (χ4v) is 1.32. The zero-order valence-electron chi connectivity index (χ0n) is 8.14. The fraction of sp³-hybridized carbons (Fsp3) is 0.0833. The van der Waals surface area contributed by atoms with Crippen LogP contribution in [0.4, 0.5) is 5.69 Å². The highest BCUT2D eigenvalue weighted by atomic mass is 15.4. The quantitative estimate of drug-likeness (QED) is 0.709. The third-order valence-corrected chi connectivity index (χ3v) is 1.98. The number of benzene rings is 1. The summed E-state index contributed by atoms with van der Waals surface area (Å²) < 4.78 is 1.95. The molecule has 0 saturated heterocycles. The Kier molecular flexibility index (Phi) is 2.45. The minimum atomic E-state index is 1.09. The molecule has 70 valence electrons. The van der Waals surface area contributed by atoms with Crippen molar-refractivity contribution >= 4 is 5.69 Å². The van der Waals surface area contributed by atoms with Crippen molar-refractivity contribution in [2.24, 2.45) is 0 Å². The SMILES string of the molecule is Cc1ccc[n+](Nc2ccccc2)c1. The lowest BCUT2D eigenvalue weighted by Gasteiger charge is -1.99. The summed E-state index contributed by atoms with van der Waals surface area (Å²) in [5, 5.41) is 0. The summed E-state index contributed by atoms with van der Waals surface area (Å²) in [5.74, 6) is 0. The molecule has 0 radical (unpaired) electrons. The number of anilines is 1. The van der Waals surface area contributed by atoms with Gasteiger partial charge < -0.3 is 0 Å². The molecule has 0 amide bonds. The van der Waals surface area contributed by atoms with Crippen LogP contribution >= 0.6 is 0 Å². The van der Waals surface area contributed by atoms with E-state index < -0.39 is 0 Å². The Morgan fingerprint density at radius 2 is 1.79 bits per heavy atom. The lowest BCUT2D eigenvalue weighted by molar-refractivity contribution is -0.643. The van der Waals surface area contributed by atoms with Crippen molar-refractivity contribution in [2.45, 2.75) is 6.92 Å². The molecule has 2 nitrogen and oxygen atoms in total. The van der Waals surface area contributed by atoms with Gasteiger partial charge in [0.1, 0.15) is 0 Å². The Morgan fingerprint density at radius 3 is 2.50 bits per heavy atom. The number of nitrogens with one attached hydrogen (secondary N) is 1. The van der Waals surface area contributed by atoms with Crippen LogP contribution in [0, 0.1) is 6.92 Å². The smallest absolute Gasteiger partial charge is 0.161 e. The molecule has 14 heavy (non-hydrogen) atoms. The number of aromatic nitrogens is 1. The van der Waals surface area contributed by atoms with Gasteiger partial charge in [-0.25, -0.2) is 0 Å². The van der Waals surface area contributed by atoms with Crippen molar-refractivity contribution in [1.29, 1.82) is 0 Å². The Labute approximate surface area is 83.8 Å². The molecule has 1 aromatic heterocycles. The molecule has 2 aromatic rings. The highest BCUT2D eigenvalue weighted by Crippen LogP contribution is 2.02. The van der Waals surface area contributed by atoms with Crippen LogP contribution in [0.3, 0.4) is 0 Å². The van der Waals surface area contributed by atoms with Gasteiger partial charge >= 0.3 is 0 Å². The van der Waals surface area contributed by atoms with Gasteiger partial charge in [-0.05, 0) is 25.1 Å². The van der Waals surface area contributed by atoms with Crippen molar-refractivity contribution < 1.29 is 4.68 Å². The lowest BCUT2D eigenvalue weighted by Crippen LogP contribution is -2.41. The van der Waals surface area contributed by atoms with E-state index in [0.29, 0.717) is 0 Å². The molecule has 0 aliphatic carbocycles. The van der Waals surface area contributed by atoms with Crippen molar-refractivity contribution in [2.75, 3.05) is 5.43 Å². The van der Waals surface area contributed by atoms with Crippen LogP contribution in [0.1, 0.15) is 5.56 Å². The van der Waals surface area contributed by atoms with E-state index in [0.717, 1.165) is 5.69 Å². The second-order valence-corrected chi connectivity index (χ2v) is 3.27. The van der Waals surface area contributed by atoms with Gasteiger partial charge in [0, 0.05) is 11.6 Å². The average molecular weight is 185 g/mol. The Morgan fingerprint density at radius 1 is 1.00 bits per heavy atom. The maximum absolute atomic E-state index is 3.26. The molecule has 0 saturated carbocycles. The number of para-hydroxylation sites is 1. The summed E-state index contributed by atoms with van der Waals surface area (Å²) in [6.45, 7) is 2.07. The average Bonchev–Trinajstić information content (AvgIpc) is 2.19. The lowest BCUT2D eigenvalue weighted by atomic mass is 10.3. The van der Waals surface area contributed by atoms with Crippen molar-refractivity contribution in [1.82, 2.24) is 0 Å².